The number of aryl methyl sites for hydroxylation is 9. The fourth-order valence-corrected chi connectivity index (χ4v) is 13.6. The van der Waals surface area contributed by atoms with Crippen molar-refractivity contribution in [3.05, 3.63) is 349 Å². The molecule has 0 fully saturated rings. The van der Waals surface area contributed by atoms with Crippen molar-refractivity contribution in [3.8, 4) is 89.5 Å². The molecule has 494 valence electrons. The van der Waals surface area contributed by atoms with Crippen molar-refractivity contribution in [3.63, 3.8) is 0 Å². The first kappa shape index (κ1) is 67.4. The van der Waals surface area contributed by atoms with E-state index in [-0.39, 0.29) is 23.3 Å². The summed E-state index contributed by atoms with van der Waals surface area (Å²) < 4.78 is 67.5. The van der Waals surface area contributed by atoms with Crippen LogP contribution in [0.25, 0.3) is 133 Å². The molecule has 16 aromatic rings. The van der Waals surface area contributed by atoms with Gasteiger partial charge in [0, 0.05) is 45.4 Å². The Balaban J connectivity index is 0.000000120. The van der Waals surface area contributed by atoms with E-state index in [2.05, 4.69) is 59.4 Å². The molecule has 6 nitrogen and oxygen atoms in total. The zero-order valence-corrected chi connectivity index (χ0v) is 58.0. The molecular formula is C91H76F4N6+4. The Morgan fingerprint density at radius 2 is 0.535 bits per heavy atom. The Labute approximate surface area is 587 Å². The van der Waals surface area contributed by atoms with Gasteiger partial charge >= 0.3 is 0 Å². The number of fused-ring (bicyclic) bond motifs is 4. The van der Waals surface area contributed by atoms with Gasteiger partial charge in [0.1, 0.15) is 28.2 Å². The number of halogens is 4. The average molecular weight is 1330 g/mol. The van der Waals surface area contributed by atoms with Crippen LogP contribution in [0.5, 0.6) is 0 Å². The lowest BCUT2D eigenvalue weighted by Crippen LogP contribution is -2.32. The van der Waals surface area contributed by atoms with Crippen LogP contribution in [0.15, 0.2) is 298 Å². The van der Waals surface area contributed by atoms with E-state index in [4.69, 9.17) is 0 Å². The third kappa shape index (κ3) is 14.3. The molecule has 101 heavy (non-hydrogen) atoms. The van der Waals surface area contributed by atoms with Gasteiger partial charge in [0.25, 0.3) is 0 Å². The molecule has 0 aliphatic carbocycles. The van der Waals surface area contributed by atoms with E-state index >= 15 is 8.78 Å². The molecule has 0 unspecified atom stereocenters. The van der Waals surface area contributed by atoms with Crippen molar-refractivity contribution in [2.75, 3.05) is 0 Å². The van der Waals surface area contributed by atoms with Gasteiger partial charge in [-0.3, -0.25) is 9.97 Å². The Kier molecular flexibility index (Phi) is 19.7. The highest BCUT2D eigenvalue weighted by molar-refractivity contribution is 5.99. The van der Waals surface area contributed by atoms with Gasteiger partial charge in [0.15, 0.2) is 48.1 Å². The van der Waals surface area contributed by atoms with Crippen molar-refractivity contribution in [1.29, 1.82) is 0 Å². The predicted molar refractivity (Wildman–Crippen MR) is 403 cm³/mol. The predicted octanol–water partition coefficient (Wildman–Crippen LogP) is 20.9. The third-order valence-electron chi connectivity index (χ3n) is 18.8. The standard InChI is InChI=1S/C24H21FN.C23H19FN.2C22H18FN2/c1-16-8-4-5-10-20(16)24-23(25)14-18(15-26(24)3)21-13-12-17(2)19-9-6-7-11-22(19)21;1-16-8-3-5-11-19(16)23-22(24)14-18(15-25(23)2)21-13-7-10-17-9-4-6-12-20(17)21;2*1-15-7-3-5-9-19(15)22-20(23)12-18(14-25(22)2)17-11-16-8-4-6-10-21(16)24-13-17/h4-15H,1-3H3;3-15H,1-2H3;2*3-14H,1-2H3/q4*+1. The van der Waals surface area contributed by atoms with Crippen molar-refractivity contribution in [1.82, 2.24) is 9.97 Å². The third-order valence-corrected chi connectivity index (χ3v) is 18.8. The summed E-state index contributed by atoms with van der Waals surface area (Å²) in [6, 6.07) is 84.7. The van der Waals surface area contributed by atoms with E-state index in [1.165, 1.54) is 10.9 Å². The smallest absolute Gasteiger partial charge is 0.248 e. The van der Waals surface area contributed by atoms with Crippen LogP contribution in [0.4, 0.5) is 17.6 Å². The highest BCUT2D eigenvalue weighted by atomic mass is 19.1. The quantitative estimate of drug-likeness (QED) is 0.112. The lowest BCUT2D eigenvalue weighted by Gasteiger charge is -2.11. The van der Waals surface area contributed by atoms with Gasteiger partial charge < -0.3 is 0 Å². The lowest BCUT2D eigenvalue weighted by atomic mass is 9.95. The Hall–Kier alpha value is -12.1. The summed E-state index contributed by atoms with van der Waals surface area (Å²) >= 11 is 0. The zero-order chi connectivity index (χ0) is 70.4. The first-order valence-electron chi connectivity index (χ1n) is 33.7. The van der Waals surface area contributed by atoms with Gasteiger partial charge in [0.05, 0.1) is 44.4 Å². The van der Waals surface area contributed by atoms with Gasteiger partial charge in [-0.1, -0.05) is 188 Å². The molecule has 10 aromatic carbocycles. The average Bonchev–Trinajstić information content (AvgIpc) is 0.795. The van der Waals surface area contributed by atoms with E-state index in [0.717, 1.165) is 127 Å². The van der Waals surface area contributed by atoms with Gasteiger partial charge in [-0.15, -0.1) is 0 Å². The van der Waals surface area contributed by atoms with Crippen molar-refractivity contribution < 1.29 is 35.8 Å². The number of nitrogens with zero attached hydrogens (tertiary/aromatic N) is 6. The molecule has 0 aliphatic heterocycles. The molecule has 0 radical (unpaired) electrons. The maximum absolute atomic E-state index is 15.1. The summed E-state index contributed by atoms with van der Waals surface area (Å²) in [5.41, 5.74) is 20.7. The fourth-order valence-electron chi connectivity index (χ4n) is 13.6. The summed E-state index contributed by atoms with van der Waals surface area (Å²) in [5, 5.41) is 6.74. The van der Waals surface area contributed by atoms with Crippen LogP contribution in [0, 0.1) is 57.9 Å². The first-order chi connectivity index (χ1) is 49.0. The molecule has 16 rings (SSSR count). The second-order valence-corrected chi connectivity index (χ2v) is 25.7. The molecule has 0 spiro atoms. The zero-order valence-electron chi connectivity index (χ0n) is 58.0. The molecule has 0 saturated carbocycles. The fraction of sp³-hybridized carbons (Fsp3) is 0.0989. The first-order valence-corrected chi connectivity index (χ1v) is 33.7. The molecule has 10 heteroatoms. The maximum Gasteiger partial charge on any atom is 0.248 e. The molecule has 6 heterocycles. The maximum atomic E-state index is 15.1. The van der Waals surface area contributed by atoms with Crippen LogP contribution in [0.3, 0.4) is 0 Å². The van der Waals surface area contributed by atoms with Crippen molar-refractivity contribution in [2.45, 2.75) is 34.6 Å². The van der Waals surface area contributed by atoms with E-state index < -0.39 is 0 Å². The second-order valence-electron chi connectivity index (χ2n) is 25.7. The monoisotopic (exact) mass is 1330 g/mol. The van der Waals surface area contributed by atoms with Crippen LogP contribution in [0.1, 0.15) is 27.8 Å². The molecule has 0 atom stereocenters. The summed E-state index contributed by atoms with van der Waals surface area (Å²) in [4.78, 5) is 8.96. The minimum atomic E-state index is -0.234. The number of para-hydroxylation sites is 2. The van der Waals surface area contributed by atoms with Crippen LogP contribution in [0.2, 0.25) is 0 Å². The number of benzene rings is 10. The van der Waals surface area contributed by atoms with Crippen molar-refractivity contribution in [2.24, 2.45) is 28.2 Å². The van der Waals surface area contributed by atoms with Crippen LogP contribution in [-0.4, -0.2) is 9.97 Å². The summed E-state index contributed by atoms with van der Waals surface area (Å²) in [5.74, 6) is -0.879. The van der Waals surface area contributed by atoms with Gasteiger partial charge in [-0.25, -0.2) is 0 Å². The molecule has 0 amide bonds. The highest BCUT2D eigenvalue weighted by Crippen LogP contribution is 2.36. The Bertz CT molecular complexity index is 5520. The van der Waals surface area contributed by atoms with Gasteiger partial charge in [-0.2, -0.15) is 35.8 Å². The Morgan fingerprint density at radius 3 is 0.931 bits per heavy atom. The normalized spacial score (nSPS) is 11.0. The molecular weight excluding hydrogens is 1250 g/mol. The largest absolute Gasteiger partial charge is 0.256 e. The molecule has 0 aliphatic rings. The van der Waals surface area contributed by atoms with Crippen LogP contribution in [-0.2, 0) is 28.2 Å². The number of hydrogen-bond donors (Lipinski definition) is 0. The lowest BCUT2D eigenvalue weighted by molar-refractivity contribution is -0.661. The highest BCUT2D eigenvalue weighted by Gasteiger charge is 2.26. The van der Waals surface area contributed by atoms with Crippen LogP contribution < -0.4 is 18.3 Å². The minimum absolute atomic E-state index is 0.205. The molecule has 0 N–H and O–H groups in total. The van der Waals surface area contributed by atoms with E-state index in [1.807, 2.05) is 293 Å². The molecule has 0 bridgehead atoms. The van der Waals surface area contributed by atoms with E-state index in [1.54, 1.807) is 36.7 Å². The summed E-state index contributed by atoms with van der Waals surface area (Å²) in [6.07, 6.45) is 11.5. The number of hydrogen-bond acceptors (Lipinski definition) is 2. The SMILES string of the molecule is Cc1ccccc1-c1c(F)cc(-c2ccc(C)c3ccccc23)c[n+]1C.Cc1ccccc1-c1c(F)cc(-c2cccc3ccccc23)c[n+]1C.Cc1ccccc1-c1c(F)cc(-c2cnc3ccccc3c2)c[n+]1C.Cc1ccccc1-c1c(F)cc(-c2cnc3ccccc3c2)c[n+]1C. The second kappa shape index (κ2) is 29.5. The number of rotatable bonds is 8. The molecule has 6 aromatic heterocycles. The minimum Gasteiger partial charge on any atom is -0.256 e. The summed E-state index contributed by atoms with van der Waals surface area (Å²) in [6.45, 7) is 10.1. The summed E-state index contributed by atoms with van der Waals surface area (Å²) in [7, 11) is 7.57. The van der Waals surface area contributed by atoms with Crippen molar-refractivity contribution >= 4 is 43.4 Å². The number of aromatic nitrogens is 6. The molecule has 0 saturated heterocycles. The topological polar surface area (TPSA) is 41.3 Å². The van der Waals surface area contributed by atoms with Crippen LogP contribution >= 0.6 is 0 Å². The number of pyridine rings is 6. The Morgan fingerprint density at radius 1 is 0.238 bits per heavy atom. The van der Waals surface area contributed by atoms with Gasteiger partial charge in [0.2, 0.25) is 22.8 Å². The van der Waals surface area contributed by atoms with E-state index in [0.29, 0.717) is 22.8 Å². The van der Waals surface area contributed by atoms with Gasteiger partial charge in [-0.05, 0) is 168 Å². The van der Waals surface area contributed by atoms with E-state index in [9.17, 15) is 8.78 Å².